The SMILES string of the molecule is CCC1CNC(C)(C2CC2)CN1Cc1cc(Br)ccc1F. The molecule has 1 aromatic carbocycles. The van der Waals surface area contributed by atoms with Gasteiger partial charge >= 0.3 is 0 Å². The van der Waals surface area contributed by atoms with Crippen molar-refractivity contribution in [3.8, 4) is 0 Å². The molecule has 3 rings (SSSR count). The van der Waals surface area contributed by atoms with E-state index in [4.69, 9.17) is 0 Å². The van der Waals surface area contributed by atoms with Gasteiger partial charge in [-0.1, -0.05) is 22.9 Å². The monoisotopic (exact) mass is 354 g/mol. The van der Waals surface area contributed by atoms with Gasteiger partial charge in [0.05, 0.1) is 0 Å². The zero-order chi connectivity index (χ0) is 15.0. The predicted octanol–water partition coefficient (Wildman–Crippen LogP) is 3.94. The lowest BCUT2D eigenvalue weighted by Crippen LogP contribution is -2.63. The Morgan fingerprint density at radius 3 is 2.86 bits per heavy atom. The molecule has 1 N–H and O–H groups in total. The first-order chi connectivity index (χ1) is 10.0. The van der Waals surface area contributed by atoms with Gasteiger partial charge in [0.2, 0.25) is 0 Å². The highest BCUT2D eigenvalue weighted by molar-refractivity contribution is 9.10. The van der Waals surface area contributed by atoms with Crippen LogP contribution in [-0.4, -0.2) is 29.6 Å². The van der Waals surface area contributed by atoms with Crippen LogP contribution in [0.25, 0.3) is 0 Å². The van der Waals surface area contributed by atoms with Gasteiger partial charge in [0.25, 0.3) is 0 Å². The smallest absolute Gasteiger partial charge is 0.127 e. The summed E-state index contributed by atoms with van der Waals surface area (Å²) in [6, 6.07) is 5.74. The fourth-order valence-electron chi connectivity index (χ4n) is 3.55. The maximum atomic E-state index is 14.1. The summed E-state index contributed by atoms with van der Waals surface area (Å²) < 4.78 is 15.0. The molecule has 0 amide bonds. The van der Waals surface area contributed by atoms with Gasteiger partial charge in [-0.3, -0.25) is 4.90 Å². The van der Waals surface area contributed by atoms with Gasteiger partial charge in [-0.2, -0.15) is 0 Å². The summed E-state index contributed by atoms with van der Waals surface area (Å²) in [5.41, 5.74) is 0.997. The Morgan fingerprint density at radius 2 is 2.19 bits per heavy atom. The van der Waals surface area contributed by atoms with Crippen molar-refractivity contribution in [2.24, 2.45) is 5.92 Å². The second kappa shape index (κ2) is 5.98. The minimum Gasteiger partial charge on any atom is -0.308 e. The summed E-state index contributed by atoms with van der Waals surface area (Å²) in [5.74, 6) is 0.699. The van der Waals surface area contributed by atoms with Gasteiger partial charge in [0.15, 0.2) is 0 Å². The number of nitrogens with zero attached hydrogens (tertiary/aromatic N) is 1. The minimum atomic E-state index is -0.0975. The van der Waals surface area contributed by atoms with E-state index in [9.17, 15) is 4.39 Å². The first-order valence-electron chi connectivity index (χ1n) is 7.95. The van der Waals surface area contributed by atoms with E-state index in [-0.39, 0.29) is 11.4 Å². The van der Waals surface area contributed by atoms with E-state index in [1.807, 2.05) is 6.07 Å². The van der Waals surface area contributed by atoms with E-state index < -0.39 is 0 Å². The number of halogens is 2. The minimum absolute atomic E-state index is 0.0975. The molecule has 0 bridgehead atoms. The average Bonchev–Trinajstić information content (AvgIpc) is 3.28. The van der Waals surface area contributed by atoms with E-state index in [0.29, 0.717) is 12.6 Å². The first-order valence-corrected chi connectivity index (χ1v) is 8.74. The van der Waals surface area contributed by atoms with Crippen LogP contribution in [0, 0.1) is 11.7 Å². The molecule has 1 saturated carbocycles. The molecule has 2 unspecified atom stereocenters. The lowest BCUT2D eigenvalue weighted by molar-refractivity contribution is 0.0657. The standard InChI is InChI=1S/C17H24BrFN2/c1-3-15-9-20-17(2,13-4-5-13)11-21(15)10-12-8-14(18)6-7-16(12)19/h6-8,13,15,20H,3-5,9-11H2,1-2H3. The Labute approximate surface area is 135 Å². The van der Waals surface area contributed by atoms with Crippen LogP contribution in [-0.2, 0) is 6.54 Å². The lowest BCUT2D eigenvalue weighted by atomic mass is 9.90. The quantitative estimate of drug-likeness (QED) is 0.880. The Kier molecular flexibility index (Phi) is 4.40. The van der Waals surface area contributed by atoms with E-state index in [2.05, 4.69) is 40.0 Å². The van der Waals surface area contributed by atoms with Crippen molar-refractivity contribution in [3.05, 3.63) is 34.1 Å². The number of hydrogen-bond donors (Lipinski definition) is 1. The van der Waals surface area contributed by atoms with E-state index in [1.54, 1.807) is 12.1 Å². The molecule has 0 radical (unpaired) electrons. The zero-order valence-corrected chi connectivity index (χ0v) is 14.4. The molecule has 21 heavy (non-hydrogen) atoms. The highest BCUT2D eigenvalue weighted by Crippen LogP contribution is 2.41. The largest absolute Gasteiger partial charge is 0.308 e. The molecule has 0 spiro atoms. The van der Waals surface area contributed by atoms with Crippen molar-refractivity contribution >= 4 is 15.9 Å². The van der Waals surface area contributed by atoms with Crippen molar-refractivity contribution in [2.45, 2.75) is 51.2 Å². The molecule has 1 aliphatic carbocycles. The Morgan fingerprint density at radius 1 is 1.43 bits per heavy atom. The second-order valence-electron chi connectivity index (χ2n) is 6.78. The molecular weight excluding hydrogens is 331 g/mol. The Bertz CT molecular complexity index is 518. The van der Waals surface area contributed by atoms with Crippen molar-refractivity contribution in [1.82, 2.24) is 10.2 Å². The van der Waals surface area contributed by atoms with Crippen molar-refractivity contribution in [1.29, 1.82) is 0 Å². The topological polar surface area (TPSA) is 15.3 Å². The van der Waals surface area contributed by atoms with Crippen LogP contribution in [0.5, 0.6) is 0 Å². The van der Waals surface area contributed by atoms with Gasteiger partial charge in [0, 0.05) is 41.3 Å². The summed E-state index contributed by atoms with van der Waals surface area (Å²) in [7, 11) is 0. The maximum Gasteiger partial charge on any atom is 0.127 e. The van der Waals surface area contributed by atoms with E-state index in [0.717, 1.165) is 35.5 Å². The first kappa shape index (κ1) is 15.4. The molecule has 2 fully saturated rings. The number of hydrogen-bond acceptors (Lipinski definition) is 2. The summed E-state index contributed by atoms with van der Waals surface area (Å²) in [6.07, 6.45) is 3.77. The third kappa shape index (κ3) is 3.33. The third-order valence-corrected chi connectivity index (χ3v) is 5.61. The van der Waals surface area contributed by atoms with Crippen LogP contribution in [0.15, 0.2) is 22.7 Å². The highest BCUT2D eigenvalue weighted by Gasteiger charge is 2.45. The molecule has 1 aromatic rings. The van der Waals surface area contributed by atoms with Crippen molar-refractivity contribution in [2.75, 3.05) is 13.1 Å². The van der Waals surface area contributed by atoms with Crippen LogP contribution in [0.4, 0.5) is 4.39 Å². The Balaban J connectivity index is 1.78. The number of nitrogens with one attached hydrogen (secondary N) is 1. The fraction of sp³-hybridized carbons (Fsp3) is 0.647. The van der Waals surface area contributed by atoms with Crippen LogP contribution >= 0.6 is 15.9 Å². The van der Waals surface area contributed by atoms with Crippen LogP contribution in [0.1, 0.15) is 38.7 Å². The predicted molar refractivity (Wildman–Crippen MR) is 87.7 cm³/mol. The second-order valence-corrected chi connectivity index (χ2v) is 7.69. The molecule has 1 saturated heterocycles. The number of rotatable bonds is 4. The molecule has 1 heterocycles. The molecule has 2 atom stereocenters. The summed E-state index contributed by atoms with van der Waals surface area (Å²) in [5, 5.41) is 3.76. The van der Waals surface area contributed by atoms with Gasteiger partial charge in [-0.05, 0) is 50.3 Å². The van der Waals surface area contributed by atoms with E-state index in [1.165, 1.54) is 12.8 Å². The fourth-order valence-corrected chi connectivity index (χ4v) is 3.96. The third-order valence-electron chi connectivity index (χ3n) is 5.12. The Hall–Kier alpha value is -0.450. The van der Waals surface area contributed by atoms with Crippen LogP contribution < -0.4 is 5.32 Å². The van der Waals surface area contributed by atoms with Crippen molar-refractivity contribution < 1.29 is 4.39 Å². The van der Waals surface area contributed by atoms with Gasteiger partial charge in [-0.15, -0.1) is 0 Å². The molecule has 0 aromatic heterocycles. The average molecular weight is 355 g/mol. The molecule has 4 heteroatoms. The number of benzene rings is 1. The molecule has 116 valence electrons. The lowest BCUT2D eigenvalue weighted by Gasteiger charge is -2.46. The zero-order valence-electron chi connectivity index (χ0n) is 12.8. The normalized spacial score (nSPS) is 30.6. The van der Waals surface area contributed by atoms with E-state index >= 15 is 0 Å². The highest BCUT2D eigenvalue weighted by atomic mass is 79.9. The van der Waals surface area contributed by atoms with Crippen LogP contribution in [0.3, 0.4) is 0 Å². The van der Waals surface area contributed by atoms with Crippen molar-refractivity contribution in [3.63, 3.8) is 0 Å². The van der Waals surface area contributed by atoms with Gasteiger partial charge < -0.3 is 5.32 Å². The summed E-state index contributed by atoms with van der Waals surface area (Å²) in [4.78, 5) is 2.47. The molecule has 2 aliphatic rings. The number of piperazine rings is 1. The molecular formula is C17H24BrFN2. The molecule has 1 aliphatic heterocycles. The van der Waals surface area contributed by atoms with Gasteiger partial charge in [-0.25, -0.2) is 4.39 Å². The van der Waals surface area contributed by atoms with Gasteiger partial charge in [0.1, 0.15) is 5.82 Å². The maximum absolute atomic E-state index is 14.1. The summed E-state index contributed by atoms with van der Waals surface area (Å²) >= 11 is 3.45. The summed E-state index contributed by atoms with van der Waals surface area (Å²) in [6.45, 7) is 7.28. The molecule has 2 nitrogen and oxygen atoms in total. The van der Waals surface area contributed by atoms with Crippen LogP contribution in [0.2, 0.25) is 0 Å².